The summed E-state index contributed by atoms with van der Waals surface area (Å²) in [6.45, 7) is -0.218. The first-order valence-electron chi connectivity index (χ1n) is 5.11. The van der Waals surface area contributed by atoms with Gasteiger partial charge in [0, 0.05) is 5.56 Å². The summed E-state index contributed by atoms with van der Waals surface area (Å²) in [6.07, 6.45) is -6.79. The maximum Gasteiger partial charge on any atom is 0.416 e. The van der Waals surface area contributed by atoms with E-state index in [9.17, 15) is 23.1 Å². The second-order valence-electron chi connectivity index (χ2n) is 3.72. The molecule has 8 heteroatoms. The van der Waals surface area contributed by atoms with Gasteiger partial charge in [-0.1, -0.05) is 0 Å². The van der Waals surface area contributed by atoms with Crippen molar-refractivity contribution in [3.63, 3.8) is 0 Å². The summed E-state index contributed by atoms with van der Waals surface area (Å²) in [4.78, 5) is 11.2. The van der Waals surface area contributed by atoms with Gasteiger partial charge in [-0.25, -0.2) is 4.79 Å². The number of benzene rings is 1. The molecule has 0 saturated heterocycles. The third-order valence-corrected chi connectivity index (χ3v) is 2.57. The number of esters is 1. The molecule has 0 fully saturated rings. The molecule has 0 radical (unpaired) electrons. The fourth-order valence-corrected chi connectivity index (χ4v) is 1.67. The van der Waals surface area contributed by atoms with Gasteiger partial charge in [0.1, 0.15) is 0 Å². The monoisotopic (exact) mass is 278 g/mol. The van der Waals surface area contributed by atoms with Crippen molar-refractivity contribution in [3.05, 3.63) is 23.3 Å². The predicted molar refractivity (Wildman–Crippen MR) is 54.5 cm³/mol. The molecule has 1 aliphatic heterocycles. The van der Waals surface area contributed by atoms with Crippen LogP contribution in [-0.4, -0.2) is 25.0 Å². The van der Waals surface area contributed by atoms with Gasteiger partial charge >= 0.3 is 12.1 Å². The number of halogens is 3. The van der Waals surface area contributed by atoms with Gasteiger partial charge in [0.05, 0.1) is 12.7 Å². The molecule has 0 saturated carbocycles. The number of rotatable bonds is 2. The van der Waals surface area contributed by atoms with Crippen LogP contribution in [0.1, 0.15) is 17.2 Å². The van der Waals surface area contributed by atoms with Gasteiger partial charge < -0.3 is 19.3 Å². The van der Waals surface area contributed by atoms with Crippen molar-refractivity contribution in [2.45, 2.75) is 12.3 Å². The molecule has 2 rings (SSSR count). The number of methoxy groups -OCH3 is 1. The van der Waals surface area contributed by atoms with Gasteiger partial charge in [-0.05, 0) is 12.1 Å². The molecule has 5 nitrogen and oxygen atoms in total. The fraction of sp³-hybridized carbons (Fsp3) is 0.364. The van der Waals surface area contributed by atoms with Crippen LogP contribution in [0, 0.1) is 0 Å². The summed E-state index contributed by atoms with van der Waals surface area (Å²) >= 11 is 0. The first-order chi connectivity index (χ1) is 8.84. The molecule has 1 N–H and O–H groups in total. The highest BCUT2D eigenvalue weighted by Gasteiger charge is 2.39. The van der Waals surface area contributed by atoms with Crippen LogP contribution in [0.5, 0.6) is 11.5 Å². The topological polar surface area (TPSA) is 65.0 Å². The number of carbonyl (C=O) groups is 1. The fourth-order valence-electron chi connectivity index (χ4n) is 1.67. The molecule has 1 heterocycles. The largest absolute Gasteiger partial charge is 0.467 e. The van der Waals surface area contributed by atoms with Crippen LogP contribution in [0.15, 0.2) is 12.1 Å². The van der Waals surface area contributed by atoms with E-state index in [0.29, 0.717) is 6.07 Å². The molecule has 1 aliphatic rings. The molecule has 19 heavy (non-hydrogen) atoms. The third-order valence-electron chi connectivity index (χ3n) is 2.57. The Bertz CT molecular complexity index is 512. The van der Waals surface area contributed by atoms with Crippen molar-refractivity contribution in [2.24, 2.45) is 0 Å². The van der Waals surface area contributed by atoms with Crippen LogP contribution in [0.2, 0.25) is 0 Å². The first-order valence-corrected chi connectivity index (χ1v) is 5.11. The van der Waals surface area contributed by atoms with Crippen LogP contribution < -0.4 is 9.47 Å². The normalized spacial score (nSPS) is 15.2. The maximum absolute atomic E-state index is 12.9. The van der Waals surface area contributed by atoms with Crippen LogP contribution in [-0.2, 0) is 15.7 Å². The van der Waals surface area contributed by atoms with Crippen molar-refractivity contribution >= 4 is 5.97 Å². The summed E-state index contributed by atoms with van der Waals surface area (Å²) in [5.74, 6) is -1.25. The zero-order chi connectivity index (χ0) is 14.2. The van der Waals surface area contributed by atoms with E-state index < -0.39 is 29.4 Å². The molecule has 0 bridgehead atoms. The Balaban J connectivity index is 2.54. The van der Waals surface area contributed by atoms with Gasteiger partial charge in [0.2, 0.25) is 6.79 Å². The Labute approximate surface area is 105 Å². The van der Waals surface area contributed by atoms with Crippen LogP contribution in [0.3, 0.4) is 0 Å². The van der Waals surface area contributed by atoms with E-state index >= 15 is 0 Å². The summed E-state index contributed by atoms with van der Waals surface area (Å²) in [5, 5.41) is 9.59. The molecule has 104 valence electrons. The Kier molecular flexibility index (Phi) is 3.27. The standard InChI is InChI=1S/C11H9F3O5/c1-17-10(16)9(15)5-2-7-8(19-4-18-7)3-6(5)11(12,13)14/h2-3,9,15H,4H2,1H3. The molecule has 0 spiro atoms. The summed E-state index contributed by atoms with van der Waals surface area (Å²) in [6, 6.07) is 1.61. The van der Waals surface area contributed by atoms with E-state index in [1.165, 1.54) is 0 Å². The van der Waals surface area contributed by atoms with Crippen molar-refractivity contribution in [3.8, 4) is 11.5 Å². The summed E-state index contributed by atoms with van der Waals surface area (Å²) < 4.78 is 52.6. The Hall–Kier alpha value is -1.96. The number of hydrogen-bond acceptors (Lipinski definition) is 5. The zero-order valence-corrected chi connectivity index (χ0v) is 9.65. The van der Waals surface area contributed by atoms with Crippen LogP contribution in [0.4, 0.5) is 13.2 Å². The number of hydrogen-bond donors (Lipinski definition) is 1. The minimum Gasteiger partial charge on any atom is -0.467 e. The van der Waals surface area contributed by atoms with E-state index in [-0.39, 0.29) is 18.3 Å². The number of carbonyl (C=O) groups excluding carboxylic acids is 1. The number of ether oxygens (including phenoxy) is 3. The van der Waals surface area contributed by atoms with Gasteiger partial charge in [-0.15, -0.1) is 0 Å². The van der Waals surface area contributed by atoms with E-state index in [1.807, 2.05) is 0 Å². The highest BCUT2D eigenvalue weighted by Crippen LogP contribution is 2.43. The maximum atomic E-state index is 12.9. The number of fused-ring (bicyclic) bond motifs is 1. The van der Waals surface area contributed by atoms with Crippen LogP contribution in [0.25, 0.3) is 0 Å². The lowest BCUT2D eigenvalue weighted by molar-refractivity contribution is -0.152. The zero-order valence-electron chi connectivity index (χ0n) is 9.65. The van der Waals surface area contributed by atoms with Gasteiger partial charge in [-0.3, -0.25) is 0 Å². The second-order valence-corrected chi connectivity index (χ2v) is 3.72. The first kappa shape index (κ1) is 13.5. The van der Waals surface area contributed by atoms with Crippen LogP contribution >= 0.6 is 0 Å². The number of alkyl halides is 3. The molecular formula is C11H9F3O5. The van der Waals surface area contributed by atoms with Crippen molar-refractivity contribution in [1.82, 2.24) is 0 Å². The average molecular weight is 278 g/mol. The van der Waals surface area contributed by atoms with E-state index in [4.69, 9.17) is 9.47 Å². The second kappa shape index (κ2) is 4.61. The highest BCUT2D eigenvalue weighted by atomic mass is 19.4. The van der Waals surface area contributed by atoms with Gasteiger partial charge in [0.15, 0.2) is 17.6 Å². The molecule has 1 atom stereocenters. The molecule has 1 aromatic rings. The SMILES string of the molecule is COC(=O)C(O)c1cc2c(cc1C(F)(F)F)OCO2. The van der Waals surface area contributed by atoms with Gasteiger partial charge in [0.25, 0.3) is 0 Å². The highest BCUT2D eigenvalue weighted by molar-refractivity contribution is 5.77. The lowest BCUT2D eigenvalue weighted by Crippen LogP contribution is -2.19. The Morgan fingerprint density at radius 3 is 2.47 bits per heavy atom. The lowest BCUT2D eigenvalue weighted by atomic mass is 10.0. The molecule has 0 amide bonds. The van der Waals surface area contributed by atoms with Crippen molar-refractivity contribution in [1.29, 1.82) is 0 Å². The minimum absolute atomic E-state index is 0.0333. The number of aliphatic hydroxyl groups is 1. The quantitative estimate of drug-likeness (QED) is 0.833. The molecule has 0 aromatic heterocycles. The van der Waals surface area contributed by atoms with Crippen molar-refractivity contribution in [2.75, 3.05) is 13.9 Å². The average Bonchev–Trinajstić information content (AvgIpc) is 2.81. The van der Waals surface area contributed by atoms with E-state index in [2.05, 4.69) is 4.74 Å². The predicted octanol–water partition coefficient (Wildman–Crippen LogP) is 1.64. The Morgan fingerprint density at radius 1 is 1.37 bits per heavy atom. The smallest absolute Gasteiger partial charge is 0.416 e. The van der Waals surface area contributed by atoms with E-state index in [0.717, 1.165) is 13.2 Å². The number of aliphatic hydroxyl groups excluding tert-OH is 1. The molecular weight excluding hydrogens is 269 g/mol. The van der Waals surface area contributed by atoms with Gasteiger partial charge in [-0.2, -0.15) is 13.2 Å². The van der Waals surface area contributed by atoms with Crippen molar-refractivity contribution < 1.29 is 37.3 Å². The lowest BCUT2D eigenvalue weighted by Gasteiger charge is -2.16. The summed E-state index contributed by atoms with van der Waals surface area (Å²) in [5.41, 5.74) is -1.81. The molecule has 1 unspecified atom stereocenters. The minimum atomic E-state index is -4.74. The Morgan fingerprint density at radius 2 is 1.95 bits per heavy atom. The summed E-state index contributed by atoms with van der Waals surface area (Å²) in [7, 11) is 0.964. The van der Waals surface area contributed by atoms with E-state index in [1.54, 1.807) is 0 Å². The third kappa shape index (κ3) is 2.43. The molecule has 1 aromatic carbocycles. The molecule has 0 aliphatic carbocycles.